The third kappa shape index (κ3) is 5.77. The lowest BCUT2D eigenvalue weighted by atomic mass is 9.89. The highest BCUT2D eigenvalue weighted by Gasteiger charge is 2.13. The molecule has 0 aromatic heterocycles. The Kier molecular flexibility index (Phi) is 7.46. The van der Waals surface area contributed by atoms with Crippen LogP contribution in [0, 0.1) is 11.8 Å². The maximum absolute atomic E-state index is 5.77. The molecular weight excluding hydrogens is 206 g/mol. The topological polar surface area (TPSA) is 12.0 Å². The van der Waals surface area contributed by atoms with Gasteiger partial charge in [-0.05, 0) is 44.2 Å². The Morgan fingerprint density at radius 1 is 1.27 bits per heavy atom. The minimum atomic E-state index is 0.783. The summed E-state index contributed by atoms with van der Waals surface area (Å²) in [6.07, 6.45) is 9.66. The van der Waals surface area contributed by atoms with E-state index < -0.39 is 0 Å². The van der Waals surface area contributed by atoms with Crippen molar-refractivity contribution in [3.05, 3.63) is 0 Å². The second-order valence-corrected chi connectivity index (χ2v) is 5.29. The summed E-state index contributed by atoms with van der Waals surface area (Å²) in [5.41, 5.74) is 0. The zero-order valence-electron chi connectivity index (χ0n) is 10.1. The number of alkyl halides is 1. The van der Waals surface area contributed by atoms with E-state index in [0.29, 0.717) is 0 Å². The van der Waals surface area contributed by atoms with Gasteiger partial charge in [-0.15, -0.1) is 11.6 Å². The van der Waals surface area contributed by atoms with Crippen LogP contribution in [-0.2, 0) is 0 Å². The SMILES string of the molecule is CCC(CCCl)CNCC1CCCCC1. The summed E-state index contributed by atoms with van der Waals surface area (Å²) in [6, 6.07) is 0. The molecule has 1 aliphatic rings. The molecule has 0 aromatic rings. The molecule has 90 valence electrons. The van der Waals surface area contributed by atoms with Crippen molar-refractivity contribution in [3.8, 4) is 0 Å². The number of nitrogens with one attached hydrogen (secondary N) is 1. The zero-order valence-corrected chi connectivity index (χ0v) is 10.9. The maximum atomic E-state index is 5.77. The molecule has 1 fully saturated rings. The minimum Gasteiger partial charge on any atom is -0.316 e. The van der Waals surface area contributed by atoms with Gasteiger partial charge in [-0.1, -0.05) is 32.6 Å². The van der Waals surface area contributed by atoms with Crippen molar-refractivity contribution in [1.29, 1.82) is 0 Å². The van der Waals surface area contributed by atoms with Gasteiger partial charge in [-0.2, -0.15) is 0 Å². The number of hydrogen-bond donors (Lipinski definition) is 1. The fraction of sp³-hybridized carbons (Fsp3) is 1.00. The monoisotopic (exact) mass is 231 g/mol. The van der Waals surface area contributed by atoms with Crippen LogP contribution in [0.4, 0.5) is 0 Å². The summed E-state index contributed by atoms with van der Waals surface area (Å²) >= 11 is 5.77. The molecule has 0 amide bonds. The maximum Gasteiger partial charge on any atom is 0.0226 e. The first-order valence-electron chi connectivity index (χ1n) is 6.63. The largest absolute Gasteiger partial charge is 0.316 e. The number of hydrogen-bond acceptors (Lipinski definition) is 1. The normalized spacial score (nSPS) is 20.4. The van der Waals surface area contributed by atoms with Gasteiger partial charge in [0, 0.05) is 5.88 Å². The molecule has 0 radical (unpaired) electrons. The molecule has 15 heavy (non-hydrogen) atoms. The molecule has 1 saturated carbocycles. The molecule has 0 heterocycles. The Bertz CT molecular complexity index is 139. The molecule has 1 nitrogen and oxygen atoms in total. The van der Waals surface area contributed by atoms with Gasteiger partial charge in [-0.3, -0.25) is 0 Å². The van der Waals surface area contributed by atoms with Gasteiger partial charge in [-0.25, -0.2) is 0 Å². The van der Waals surface area contributed by atoms with Crippen molar-refractivity contribution in [2.75, 3.05) is 19.0 Å². The average molecular weight is 232 g/mol. The summed E-state index contributed by atoms with van der Waals surface area (Å²) in [4.78, 5) is 0. The van der Waals surface area contributed by atoms with Crippen LogP contribution in [0.15, 0.2) is 0 Å². The molecule has 1 unspecified atom stereocenters. The Labute approximate surface area is 100.0 Å². The molecular formula is C13H26ClN. The summed E-state index contributed by atoms with van der Waals surface area (Å²) in [5.74, 6) is 2.54. The number of rotatable bonds is 7. The summed E-state index contributed by atoms with van der Waals surface area (Å²) in [5, 5.41) is 3.63. The summed E-state index contributed by atoms with van der Waals surface area (Å²) in [7, 11) is 0. The van der Waals surface area contributed by atoms with Crippen LogP contribution in [0.3, 0.4) is 0 Å². The highest BCUT2D eigenvalue weighted by Crippen LogP contribution is 2.22. The molecule has 0 aliphatic heterocycles. The quantitative estimate of drug-likeness (QED) is 0.657. The van der Waals surface area contributed by atoms with Crippen molar-refractivity contribution < 1.29 is 0 Å². The Morgan fingerprint density at radius 3 is 2.60 bits per heavy atom. The highest BCUT2D eigenvalue weighted by atomic mass is 35.5. The minimum absolute atomic E-state index is 0.783. The molecule has 1 N–H and O–H groups in total. The molecule has 2 heteroatoms. The molecule has 1 aliphatic carbocycles. The van der Waals surface area contributed by atoms with Crippen LogP contribution in [0.25, 0.3) is 0 Å². The van der Waals surface area contributed by atoms with Gasteiger partial charge in [0.2, 0.25) is 0 Å². The molecule has 0 saturated heterocycles. The van der Waals surface area contributed by atoms with Gasteiger partial charge in [0.15, 0.2) is 0 Å². The van der Waals surface area contributed by atoms with E-state index in [-0.39, 0.29) is 0 Å². The lowest BCUT2D eigenvalue weighted by Gasteiger charge is -2.23. The van der Waals surface area contributed by atoms with Gasteiger partial charge in [0.1, 0.15) is 0 Å². The van der Waals surface area contributed by atoms with Crippen LogP contribution in [0.1, 0.15) is 51.9 Å². The van der Waals surface area contributed by atoms with E-state index in [1.807, 2.05) is 0 Å². The predicted octanol–water partition coefficient (Wildman–Crippen LogP) is 3.81. The molecule has 0 aromatic carbocycles. The van der Waals surface area contributed by atoms with E-state index in [1.165, 1.54) is 51.6 Å². The Hall–Kier alpha value is 0.250. The van der Waals surface area contributed by atoms with Gasteiger partial charge >= 0.3 is 0 Å². The van der Waals surface area contributed by atoms with Crippen LogP contribution < -0.4 is 5.32 Å². The van der Waals surface area contributed by atoms with Gasteiger partial charge in [0.05, 0.1) is 0 Å². The molecule has 0 bridgehead atoms. The molecule has 0 spiro atoms. The first-order valence-corrected chi connectivity index (χ1v) is 7.17. The second-order valence-electron chi connectivity index (χ2n) is 4.91. The van der Waals surface area contributed by atoms with E-state index in [1.54, 1.807) is 0 Å². The van der Waals surface area contributed by atoms with Crippen molar-refractivity contribution in [2.45, 2.75) is 51.9 Å². The lowest BCUT2D eigenvalue weighted by molar-refractivity contribution is 0.329. The molecule has 1 atom stereocenters. The van der Waals surface area contributed by atoms with Gasteiger partial charge < -0.3 is 5.32 Å². The van der Waals surface area contributed by atoms with E-state index in [4.69, 9.17) is 11.6 Å². The fourth-order valence-electron chi connectivity index (χ4n) is 2.49. The lowest BCUT2D eigenvalue weighted by Crippen LogP contribution is -2.29. The Morgan fingerprint density at radius 2 is 2.00 bits per heavy atom. The van der Waals surface area contributed by atoms with Crippen LogP contribution in [0.2, 0.25) is 0 Å². The third-order valence-electron chi connectivity index (χ3n) is 3.69. The van der Waals surface area contributed by atoms with Crippen LogP contribution >= 0.6 is 11.6 Å². The van der Waals surface area contributed by atoms with Gasteiger partial charge in [0.25, 0.3) is 0 Å². The average Bonchev–Trinajstić information content (AvgIpc) is 2.29. The summed E-state index contributed by atoms with van der Waals surface area (Å²) in [6.45, 7) is 4.66. The van der Waals surface area contributed by atoms with Crippen molar-refractivity contribution in [1.82, 2.24) is 5.32 Å². The predicted molar refractivity (Wildman–Crippen MR) is 68.6 cm³/mol. The first kappa shape index (κ1) is 13.3. The van der Waals surface area contributed by atoms with Crippen molar-refractivity contribution in [3.63, 3.8) is 0 Å². The molecule has 1 rings (SSSR count). The smallest absolute Gasteiger partial charge is 0.0226 e. The highest BCUT2D eigenvalue weighted by molar-refractivity contribution is 6.17. The third-order valence-corrected chi connectivity index (χ3v) is 3.90. The first-order chi connectivity index (χ1) is 7.36. The fourth-order valence-corrected chi connectivity index (χ4v) is 2.80. The van der Waals surface area contributed by atoms with Crippen LogP contribution in [-0.4, -0.2) is 19.0 Å². The van der Waals surface area contributed by atoms with Crippen LogP contribution in [0.5, 0.6) is 0 Å². The van der Waals surface area contributed by atoms with Crippen molar-refractivity contribution in [2.24, 2.45) is 11.8 Å². The van der Waals surface area contributed by atoms with E-state index in [9.17, 15) is 0 Å². The van der Waals surface area contributed by atoms with Crippen molar-refractivity contribution >= 4 is 11.6 Å². The Balaban J connectivity index is 2.03. The van der Waals surface area contributed by atoms with E-state index >= 15 is 0 Å². The summed E-state index contributed by atoms with van der Waals surface area (Å²) < 4.78 is 0. The van der Waals surface area contributed by atoms with E-state index in [0.717, 1.165) is 24.1 Å². The second kappa shape index (κ2) is 8.41. The zero-order chi connectivity index (χ0) is 10.9. The standard InChI is InChI=1S/C13H26ClN/c1-2-12(8-9-14)10-15-11-13-6-4-3-5-7-13/h12-13,15H,2-11H2,1H3. The van der Waals surface area contributed by atoms with E-state index in [2.05, 4.69) is 12.2 Å². The number of halogens is 1.